The normalized spacial score (nSPS) is 12.2. The summed E-state index contributed by atoms with van der Waals surface area (Å²) >= 11 is 0. The molecular weight excluding hydrogens is 669 g/mol. The number of hydrogen-bond donors (Lipinski definition) is 0. The van der Waals surface area contributed by atoms with E-state index in [1.54, 1.807) is 113 Å². The maximum Gasteiger partial charge on any atom is 0.379 e. The lowest BCUT2D eigenvalue weighted by Crippen LogP contribution is -2.29. The van der Waals surface area contributed by atoms with Gasteiger partial charge in [-0.25, -0.2) is 19.9 Å². The third-order valence-corrected chi connectivity index (χ3v) is 13.8. The molecular formula is C34H37N4O7P3. The van der Waals surface area contributed by atoms with Crippen molar-refractivity contribution in [1.29, 1.82) is 0 Å². The van der Waals surface area contributed by atoms with Crippen LogP contribution in [-0.4, -0.2) is 46.4 Å². The molecule has 0 fully saturated rings. The van der Waals surface area contributed by atoms with E-state index in [1.807, 2.05) is 18.2 Å². The molecule has 11 nitrogen and oxygen atoms in total. The van der Waals surface area contributed by atoms with Crippen LogP contribution < -0.4 is 27.0 Å². The molecule has 0 bridgehead atoms. The van der Waals surface area contributed by atoms with Gasteiger partial charge in [-0.15, -0.1) is 0 Å². The van der Waals surface area contributed by atoms with Crippen LogP contribution >= 0.6 is 22.3 Å². The fourth-order valence-electron chi connectivity index (χ4n) is 4.96. The summed E-state index contributed by atoms with van der Waals surface area (Å²) in [6, 6.07) is 29.4. The van der Waals surface area contributed by atoms with Gasteiger partial charge in [0, 0.05) is 5.30 Å². The van der Waals surface area contributed by atoms with Gasteiger partial charge in [0.25, 0.3) is 0 Å². The molecule has 0 saturated heterocycles. The van der Waals surface area contributed by atoms with Crippen LogP contribution in [0.2, 0.25) is 0 Å². The summed E-state index contributed by atoms with van der Waals surface area (Å²) in [5, 5.41) is 0.525. The molecule has 5 rings (SSSR count). The lowest BCUT2D eigenvalue weighted by Gasteiger charge is -2.20. The van der Waals surface area contributed by atoms with Crippen LogP contribution in [0.25, 0.3) is 22.8 Å². The molecule has 0 atom stereocenters. The van der Waals surface area contributed by atoms with Gasteiger partial charge < -0.3 is 22.7 Å². The molecule has 14 heteroatoms. The van der Waals surface area contributed by atoms with E-state index in [-0.39, 0.29) is 48.2 Å². The number of hydrogen-bond acceptors (Lipinski definition) is 11. The van der Waals surface area contributed by atoms with Gasteiger partial charge >= 0.3 is 15.2 Å². The van der Waals surface area contributed by atoms with Crippen LogP contribution in [0.3, 0.4) is 0 Å². The average molecular weight is 707 g/mol. The van der Waals surface area contributed by atoms with Crippen LogP contribution in [0.15, 0.2) is 103 Å². The Balaban J connectivity index is 1.62. The van der Waals surface area contributed by atoms with Crippen molar-refractivity contribution in [1.82, 2.24) is 19.9 Å². The molecule has 5 aromatic rings. The molecule has 0 N–H and O–H groups in total. The molecule has 0 saturated carbocycles. The predicted octanol–water partition coefficient (Wildman–Crippen LogP) is 6.02. The maximum absolute atomic E-state index is 15.4. The van der Waals surface area contributed by atoms with Crippen molar-refractivity contribution in [3.63, 3.8) is 0 Å². The van der Waals surface area contributed by atoms with Crippen molar-refractivity contribution in [3.8, 4) is 22.8 Å². The molecule has 0 aliphatic carbocycles. The summed E-state index contributed by atoms with van der Waals surface area (Å²) in [5.41, 5.74) is 2.51. The molecule has 48 heavy (non-hydrogen) atoms. The van der Waals surface area contributed by atoms with Crippen molar-refractivity contribution in [2.24, 2.45) is 0 Å². The molecule has 0 aliphatic rings. The first kappa shape index (κ1) is 35.7. The van der Waals surface area contributed by atoms with Crippen molar-refractivity contribution < 1.29 is 31.8 Å². The third kappa shape index (κ3) is 7.49. The highest BCUT2D eigenvalue weighted by atomic mass is 31.2. The first-order valence-corrected chi connectivity index (χ1v) is 20.3. The molecule has 0 aliphatic heterocycles. The van der Waals surface area contributed by atoms with E-state index in [4.69, 9.17) is 28.1 Å². The second-order valence-corrected chi connectivity index (χ2v) is 16.7. The fraction of sp³-hybridized carbons (Fsp3) is 0.235. The Labute approximate surface area is 280 Å². The Morgan fingerprint density at radius 3 is 1.06 bits per heavy atom. The Morgan fingerprint density at radius 1 is 0.417 bits per heavy atom. The summed E-state index contributed by atoms with van der Waals surface area (Å²) in [6.45, 7) is 7.66. The Bertz CT molecular complexity index is 1870. The summed E-state index contributed by atoms with van der Waals surface area (Å²) in [4.78, 5) is 18.9. The lowest BCUT2D eigenvalue weighted by molar-refractivity contribution is 0.228. The Kier molecular flexibility index (Phi) is 11.7. The minimum absolute atomic E-state index is 0.157. The number of benzene rings is 1. The SMILES string of the molecule is CCOP(=O)(OCC)c1cccc(-c2cccc(P(=O)(c3ccccc3)c3cccc(-c4cccc(P(=O)(OCC)OCC)n4)n3)n2)n1. The van der Waals surface area contributed by atoms with E-state index in [1.165, 1.54) is 0 Å². The summed E-state index contributed by atoms with van der Waals surface area (Å²) < 4.78 is 64.4. The number of nitrogens with zero attached hydrogens (tertiary/aromatic N) is 4. The lowest BCUT2D eigenvalue weighted by atomic mass is 10.2. The van der Waals surface area contributed by atoms with Crippen LogP contribution in [0.1, 0.15) is 27.7 Å². The molecule has 0 amide bonds. The second kappa shape index (κ2) is 15.7. The summed E-state index contributed by atoms with van der Waals surface area (Å²) in [5.74, 6) is 0. The van der Waals surface area contributed by atoms with E-state index >= 15 is 4.57 Å². The minimum Gasteiger partial charge on any atom is -0.305 e. The van der Waals surface area contributed by atoms with E-state index in [0.717, 1.165) is 0 Å². The summed E-state index contributed by atoms with van der Waals surface area (Å²) in [7, 11) is -11.0. The zero-order chi connectivity index (χ0) is 34.2. The van der Waals surface area contributed by atoms with Crippen molar-refractivity contribution >= 4 is 49.4 Å². The van der Waals surface area contributed by atoms with Gasteiger partial charge in [-0.2, -0.15) is 0 Å². The van der Waals surface area contributed by atoms with Crippen LogP contribution in [-0.2, 0) is 31.8 Å². The Morgan fingerprint density at radius 2 is 0.729 bits per heavy atom. The highest BCUT2D eigenvalue weighted by Gasteiger charge is 2.34. The van der Waals surface area contributed by atoms with Crippen molar-refractivity contribution in [3.05, 3.63) is 103 Å². The van der Waals surface area contributed by atoms with Gasteiger partial charge in [0.2, 0.25) is 7.14 Å². The molecule has 0 radical (unpaired) electrons. The van der Waals surface area contributed by atoms with Gasteiger partial charge in [0.1, 0.15) is 10.9 Å². The van der Waals surface area contributed by atoms with Crippen molar-refractivity contribution in [2.75, 3.05) is 26.4 Å². The van der Waals surface area contributed by atoms with Crippen LogP contribution in [0.5, 0.6) is 0 Å². The van der Waals surface area contributed by atoms with Gasteiger partial charge in [0.15, 0.2) is 10.9 Å². The van der Waals surface area contributed by atoms with Gasteiger partial charge in [-0.05, 0) is 76.2 Å². The third-order valence-electron chi connectivity index (χ3n) is 6.98. The molecule has 1 aromatic carbocycles. The molecule has 250 valence electrons. The maximum atomic E-state index is 15.4. The molecule has 0 spiro atoms. The quantitative estimate of drug-likeness (QED) is 0.118. The fourth-order valence-corrected chi connectivity index (χ4v) is 10.4. The topological polar surface area (TPSA) is 140 Å². The van der Waals surface area contributed by atoms with E-state index in [0.29, 0.717) is 28.1 Å². The summed E-state index contributed by atoms with van der Waals surface area (Å²) in [6.07, 6.45) is 0. The van der Waals surface area contributed by atoms with E-state index < -0.39 is 22.3 Å². The average Bonchev–Trinajstić information content (AvgIpc) is 3.12. The largest absolute Gasteiger partial charge is 0.379 e. The standard InChI is InChI=1S/C34H37N4O7P3/c1-5-42-47(40,43-6-2)33-24-14-20-29(37-33)27-18-12-22-31(35-27)46(39,26-16-10-9-11-17-26)32-23-13-19-28(36-32)30-21-15-25-34(38-30)48(41,44-7-3)45-8-4/h9-25H,5-8H2,1-4H3. The van der Waals surface area contributed by atoms with Gasteiger partial charge in [-0.1, -0.05) is 54.6 Å². The van der Waals surface area contributed by atoms with E-state index in [2.05, 4.69) is 9.97 Å². The highest BCUT2D eigenvalue weighted by molar-refractivity contribution is 7.85. The smallest absolute Gasteiger partial charge is 0.305 e. The minimum atomic E-state index is -3.69. The molecule has 0 unspecified atom stereocenters. The molecule has 4 heterocycles. The van der Waals surface area contributed by atoms with Crippen LogP contribution in [0, 0.1) is 0 Å². The first-order chi connectivity index (χ1) is 23.2. The highest BCUT2D eigenvalue weighted by Crippen LogP contribution is 2.47. The zero-order valence-electron chi connectivity index (χ0n) is 27.1. The zero-order valence-corrected chi connectivity index (χ0v) is 29.8. The monoisotopic (exact) mass is 706 g/mol. The van der Waals surface area contributed by atoms with Crippen LogP contribution in [0.4, 0.5) is 0 Å². The number of rotatable bonds is 15. The molecule has 4 aromatic heterocycles. The predicted molar refractivity (Wildman–Crippen MR) is 189 cm³/mol. The van der Waals surface area contributed by atoms with Crippen molar-refractivity contribution in [2.45, 2.75) is 27.7 Å². The number of pyridine rings is 4. The van der Waals surface area contributed by atoms with E-state index in [9.17, 15) is 9.13 Å². The van der Waals surface area contributed by atoms with Gasteiger partial charge in [-0.3, -0.25) is 9.13 Å². The second-order valence-electron chi connectivity index (χ2n) is 10.1. The number of aromatic nitrogens is 4. The first-order valence-electron chi connectivity index (χ1n) is 15.6. The van der Waals surface area contributed by atoms with Gasteiger partial charge in [0.05, 0.1) is 49.2 Å². The Hall–Kier alpha value is -3.65.